The van der Waals surface area contributed by atoms with E-state index in [9.17, 15) is 4.79 Å². The van der Waals surface area contributed by atoms with Crippen molar-refractivity contribution in [1.29, 1.82) is 0 Å². The molecule has 0 saturated heterocycles. The Morgan fingerprint density at radius 1 is 1.25 bits per heavy atom. The van der Waals surface area contributed by atoms with Crippen LogP contribution >= 0.6 is 23.2 Å². The van der Waals surface area contributed by atoms with Crippen LogP contribution in [-0.4, -0.2) is 23.7 Å². The third-order valence-corrected chi connectivity index (χ3v) is 4.62. The van der Waals surface area contributed by atoms with Gasteiger partial charge in [-0.05, 0) is 43.5 Å². The van der Waals surface area contributed by atoms with E-state index in [0.29, 0.717) is 17.5 Å². The smallest absolute Gasteiger partial charge is 0.337 e. The van der Waals surface area contributed by atoms with Crippen molar-refractivity contribution in [3.8, 4) is 0 Å². The molecule has 2 rings (SSSR count). The van der Waals surface area contributed by atoms with Crippen molar-refractivity contribution in [1.82, 2.24) is 5.32 Å². The second kappa shape index (κ2) is 7.30. The van der Waals surface area contributed by atoms with Crippen molar-refractivity contribution in [3.05, 3.63) is 33.3 Å². The zero-order valence-electron chi connectivity index (χ0n) is 11.3. The SMILES string of the molecule is O=C(O)c1ccc(Cl)c(CCNC2CCCCC2)c1Cl. The van der Waals surface area contributed by atoms with Crippen molar-refractivity contribution in [3.63, 3.8) is 0 Å². The van der Waals surface area contributed by atoms with E-state index in [2.05, 4.69) is 5.32 Å². The molecule has 0 unspecified atom stereocenters. The van der Waals surface area contributed by atoms with Gasteiger partial charge in [0.2, 0.25) is 0 Å². The molecule has 0 radical (unpaired) electrons. The normalized spacial score (nSPS) is 16.3. The van der Waals surface area contributed by atoms with E-state index in [1.807, 2.05) is 0 Å². The summed E-state index contributed by atoms with van der Waals surface area (Å²) >= 11 is 12.3. The average Bonchev–Trinajstić information content (AvgIpc) is 2.43. The van der Waals surface area contributed by atoms with Crippen LogP contribution in [-0.2, 0) is 6.42 Å². The fourth-order valence-electron chi connectivity index (χ4n) is 2.70. The third kappa shape index (κ3) is 3.87. The minimum atomic E-state index is -1.02. The van der Waals surface area contributed by atoms with Crippen molar-refractivity contribution >= 4 is 29.2 Å². The Kier molecular flexibility index (Phi) is 5.70. The number of rotatable bonds is 5. The van der Waals surface area contributed by atoms with Gasteiger partial charge in [0.05, 0.1) is 10.6 Å². The highest BCUT2D eigenvalue weighted by molar-refractivity contribution is 6.37. The Balaban J connectivity index is 1.98. The summed E-state index contributed by atoms with van der Waals surface area (Å²) in [5.41, 5.74) is 0.834. The second-order valence-corrected chi connectivity index (χ2v) is 6.02. The van der Waals surface area contributed by atoms with Crippen LogP contribution in [0.4, 0.5) is 0 Å². The molecule has 2 N–H and O–H groups in total. The summed E-state index contributed by atoms with van der Waals surface area (Å²) < 4.78 is 0. The van der Waals surface area contributed by atoms with Crippen molar-refractivity contribution in [2.75, 3.05) is 6.54 Å². The molecule has 20 heavy (non-hydrogen) atoms. The van der Waals surface area contributed by atoms with Gasteiger partial charge in [-0.1, -0.05) is 42.5 Å². The highest BCUT2D eigenvalue weighted by Crippen LogP contribution is 2.28. The maximum Gasteiger partial charge on any atom is 0.337 e. The Labute approximate surface area is 129 Å². The van der Waals surface area contributed by atoms with Gasteiger partial charge in [0, 0.05) is 11.1 Å². The van der Waals surface area contributed by atoms with Crippen LogP contribution in [0.2, 0.25) is 10.0 Å². The van der Waals surface area contributed by atoms with Crippen LogP contribution in [0.5, 0.6) is 0 Å². The Bertz CT molecular complexity index is 485. The monoisotopic (exact) mass is 315 g/mol. The fraction of sp³-hybridized carbons (Fsp3) is 0.533. The molecular weight excluding hydrogens is 297 g/mol. The standard InChI is InChI=1S/C15H19Cl2NO2/c16-13-7-6-12(15(19)20)14(17)11(13)8-9-18-10-4-2-1-3-5-10/h6-7,10,18H,1-5,8-9H2,(H,19,20). The van der Waals surface area contributed by atoms with Gasteiger partial charge in [-0.2, -0.15) is 0 Å². The molecule has 1 aliphatic carbocycles. The molecule has 0 amide bonds. The summed E-state index contributed by atoms with van der Waals surface area (Å²) in [4.78, 5) is 11.1. The maximum absolute atomic E-state index is 11.1. The van der Waals surface area contributed by atoms with Crippen molar-refractivity contribution in [2.45, 2.75) is 44.6 Å². The van der Waals surface area contributed by atoms with Gasteiger partial charge in [-0.25, -0.2) is 4.79 Å². The van der Waals surface area contributed by atoms with E-state index < -0.39 is 5.97 Å². The van der Waals surface area contributed by atoms with Gasteiger partial charge in [0.1, 0.15) is 0 Å². The van der Waals surface area contributed by atoms with Gasteiger partial charge >= 0.3 is 5.97 Å². The molecule has 1 aromatic rings. The molecule has 0 aromatic heterocycles. The maximum atomic E-state index is 11.1. The van der Waals surface area contributed by atoms with Crippen LogP contribution in [0.25, 0.3) is 0 Å². The molecule has 5 heteroatoms. The number of nitrogens with one attached hydrogen (secondary N) is 1. The summed E-state index contributed by atoms with van der Waals surface area (Å²) in [7, 11) is 0. The molecule has 1 fully saturated rings. The first-order valence-electron chi connectivity index (χ1n) is 7.03. The largest absolute Gasteiger partial charge is 0.478 e. The Morgan fingerprint density at radius 2 is 1.95 bits per heavy atom. The number of aromatic carboxylic acids is 1. The predicted octanol–water partition coefficient (Wildman–Crippen LogP) is 4.16. The van der Waals surface area contributed by atoms with Gasteiger partial charge in [0.15, 0.2) is 0 Å². The van der Waals surface area contributed by atoms with Crippen LogP contribution in [0, 0.1) is 0 Å². The van der Waals surface area contributed by atoms with Crippen molar-refractivity contribution < 1.29 is 9.90 Å². The average molecular weight is 316 g/mol. The second-order valence-electron chi connectivity index (χ2n) is 5.23. The number of carboxylic acids is 1. The third-order valence-electron chi connectivity index (χ3n) is 3.83. The molecule has 0 heterocycles. The van der Waals surface area contributed by atoms with Crippen molar-refractivity contribution in [2.24, 2.45) is 0 Å². The van der Waals surface area contributed by atoms with Crippen LogP contribution in [0.1, 0.15) is 48.0 Å². The number of benzene rings is 1. The lowest BCUT2D eigenvalue weighted by Crippen LogP contribution is -2.32. The van der Waals surface area contributed by atoms with Crippen LogP contribution < -0.4 is 5.32 Å². The number of hydrogen-bond acceptors (Lipinski definition) is 2. The fourth-order valence-corrected chi connectivity index (χ4v) is 3.34. The van der Waals surface area contributed by atoms with Crippen LogP contribution in [0.15, 0.2) is 12.1 Å². The zero-order valence-corrected chi connectivity index (χ0v) is 12.8. The van der Waals surface area contributed by atoms with E-state index in [-0.39, 0.29) is 10.6 Å². The molecule has 1 saturated carbocycles. The minimum absolute atomic E-state index is 0.115. The lowest BCUT2D eigenvalue weighted by atomic mass is 9.95. The lowest BCUT2D eigenvalue weighted by molar-refractivity contribution is 0.0697. The topological polar surface area (TPSA) is 49.3 Å². The Hall–Kier alpha value is -0.770. The number of halogens is 2. The first-order chi connectivity index (χ1) is 9.59. The van der Waals surface area contributed by atoms with Gasteiger partial charge in [-0.3, -0.25) is 0 Å². The summed E-state index contributed by atoms with van der Waals surface area (Å²) in [6.07, 6.45) is 6.99. The molecule has 1 aliphatic rings. The highest BCUT2D eigenvalue weighted by atomic mass is 35.5. The first-order valence-corrected chi connectivity index (χ1v) is 7.78. The summed E-state index contributed by atoms with van der Waals surface area (Å²) in [5, 5.41) is 13.4. The molecule has 1 aromatic carbocycles. The van der Waals surface area contributed by atoms with Crippen LogP contribution in [0.3, 0.4) is 0 Å². The molecule has 0 aliphatic heterocycles. The summed E-state index contributed by atoms with van der Waals surface area (Å²) in [6, 6.07) is 3.63. The molecule has 0 bridgehead atoms. The van der Waals surface area contributed by atoms with Gasteiger partial charge in [-0.15, -0.1) is 0 Å². The number of carbonyl (C=O) groups is 1. The van der Waals surface area contributed by atoms with Gasteiger partial charge in [0.25, 0.3) is 0 Å². The molecular formula is C15H19Cl2NO2. The van der Waals surface area contributed by atoms with E-state index in [1.54, 1.807) is 6.07 Å². The number of hydrogen-bond donors (Lipinski definition) is 2. The highest BCUT2D eigenvalue weighted by Gasteiger charge is 2.16. The quantitative estimate of drug-likeness (QED) is 0.858. The van der Waals surface area contributed by atoms with E-state index in [4.69, 9.17) is 28.3 Å². The minimum Gasteiger partial charge on any atom is -0.478 e. The molecule has 3 nitrogen and oxygen atoms in total. The number of carboxylic acid groups (broad SMARTS) is 1. The van der Waals surface area contributed by atoms with E-state index in [0.717, 1.165) is 12.1 Å². The predicted molar refractivity (Wildman–Crippen MR) is 82.0 cm³/mol. The summed E-state index contributed by atoms with van der Waals surface area (Å²) in [5.74, 6) is -1.02. The van der Waals surface area contributed by atoms with E-state index >= 15 is 0 Å². The molecule has 0 spiro atoms. The molecule has 0 atom stereocenters. The van der Waals surface area contributed by atoms with Gasteiger partial charge < -0.3 is 10.4 Å². The zero-order chi connectivity index (χ0) is 14.5. The summed E-state index contributed by atoms with van der Waals surface area (Å²) in [6.45, 7) is 0.771. The molecule has 110 valence electrons. The Morgan fingerprint density at radius 3 is 2.60 bits per heavy atom. The lowest BCUT2D eigenvalue weighted by Gasteiger charge is -2.23. The van der Waals surface area contributed by atoms with E-state index in [1.165, 1.54) is 38.2 Å². The first kappa shape index (κ1) is 15.6.